The number of hydrogen-bond acceptors (Lipinski definition) is 5. The van der Waals surface area contributed by atoms with Gasteiger partial charge in [-0.2, -0.15) is 0 Å². The van der Waals surface area contributed by atoms with Crippen molar-refractivity contribution in [2.75, 3.05) is 6.61 Å². The van der Waals surface area contributed by atoms with E-state index in [1.54, 1.807) is 52.8 Å². The third kappa shape index (κ3) is 4.47. The molecular formula is C20H23Cl2NO4. The monoisotopic (exact) mass is 411 g/mol. The van der Waals surface area contributed by atoms with Crippen LogP contribution in [0.25, 0.3) is 0 Å². The first-order valence-electron chi connectivity index (χ1n) is 8.69. The number of allylic oxidation sites excluding steroid dienone is 2. The lowest BCUT2D eigenvalue weighted by molar-refractivity contribution is -0.143. The van der Waals surface area contributed by atoms with Gasteiger partial charge >= 0.3 is 11.9 Å². The van der Waals surface area contributed by atoms with Gasteiger partial charge in [-0.3, -0.25) is 0 Å². The molecule has 27 heavy (non-hydrogen) atoms. The zero-order chi connectivity index (χ0) is 20.3. The molecule has 0 aliphatic carbocycles. The maximum atomic E-state index is 12.9. The van der Waals surface area contributed by atoms with E-state index in [1.165, 1.54) is 0 Å². The average molecular weight is 412 g/mol. The molecule has 1 atom stereocenters. The van der Waals surface area contributed by atoms with Gasteiger partial charge in [-0.25, -0.2) is 9.59 Å². The van der Waals surface area contributed by atoms with Crippen LogP contribution in [0.5, 0.6) is 0 Å². The number of halogens is 2. The fraction of sp³-hybridized carbons (Fsp3) is 0.400. The Hall–Kier alpha value is -1.98. The largest absolute Gasteiger partial charge is 0.463 e. The van der Waals surface area contributed by atoms with Gasteiger partial charge in [0.2, 0.25) is 0 Å². The Morgan fingerprint density at radius 1 is 1.11 bits per heavy atom. The molecule has 5 nitrogen and oxygen atoms in total. The van der Waals surface area contributed by atoms with Gasteiger partial charge in [0.05, 0.1) is 39.8 Å². The summed E-state index contributed by atoms with van der Waals surface area (Å²) in [5.41, 5.74) is 2.34. The Kier molecular flexibility index (Phi) is 6.95. The average Bonchev–Trinajstić information content (AvgIpc) is 2.56. The van der Waals surface area contributed by atoms with Crippen LogP contribution in [-0.2, 0) is 19.1 Å². The second-order valence-electron chi connectivity index (χ2n) is 6.45. The van der Waals surface area contributed by atoms with Crippen LogP contribution in [0.15, 0.2) is 40.7 Å². The molecule has 0 aromatic heterocycles. The first kappa shape index (κ1) is 21.3. The van der Waals surface area contributed by atoms with Gasteiger partial charge in [0.1, 0.15) is 0 Å². The minimum Gasteiger partial charge on any atom is -0.463 e. The zero-order valence-electron chi connectivity index (χ0n) is 16.0. The van der Waals surface area contributed by atoms with Crippen molar-refractivity contribution in [2.24, 2.45) is 0 Å². The summed E-state index contributed by atoms with van der Waals surface area (Å²) in [6.07, 6.45) is -0.314. The van der Waals surface area contributed by atoms with Gasteiger partial charge in [0.15, 0.2) is 0 Å². The lowest BCUT2D eigenvalue weighted by atomic mass is 9.80. The van der Waals surface area contributed by atoms with E-state index in [0.29, 0.717) is 33.1 Å². The minimum absolute atomic E-state index is 0.208. The summed E-state index contributed by atoms with van der Waals surface area (Å²) in [6.45, 7) is 8.97. The highest BCUT2D eigenvalue weighted by atomic mass is 35.5. The molecule has 0 radical (unpaired) electrons. The Morgan fingerprint density at radius 2 is 1.70 bits per heavy atom. The Bertz CT molecular complexity index is 827. The molecule has 0 fully saturated rings. The third-order valence-corrected chi connectivity index (χ3v) is 4.94. The van der Waals surface area contributed by atoms with Crippen molar-refractivity contribution in [3.8, 4) is 0 Å². The summed E-state index contributed by atoms with van der Waals surface area (Å²) in [7, 11) is 0. The summed E-state index contributed by atoms with van der Waals surface area (Å²) >= 11 is 12.6. The normalized spacial score (nSPS) is 17.1. The lowest BCUT2D eigenvalue weighted by Crippen LogP contribution is -2.33. The molecule has 0 saturated carbocycles. The van der Waals surface area contributed by atoms with Crippen LogP contribution in [0.1, 0.15) is 46.1 Å². The van der Waals surface area contributed by atoms with Gasteiger partial charge in [0.25, 0.3) is 0 Å². The van der Waals surface area contributed by atoms with Crippen LogP contribution in [0.3, 0.4) is 0 Å². The topological polar surface area (TPSA) is 64.6 Å². The van der Waals surface area contributed by atoms with Crippen LogP contribution < -0.4 is 5.32 Å². The highest BCUT2D eigenvalue weighted by Crippen LogP contribution is 2.43. The first-order chi connectivity index (χ1) is 12.7. The number of benzene rings is 1. The van der Waals surface area contributed by atoms with Crippen LogP contribution in [-0.4, -0.2) is 24.6 Å². The van der Waals surface area contributed by atoms with Crippen molar-refractivity contribution in [1.82, 2.24) is 5.32 Å². The van der Waals surface area contributed by atoms with E-state index in [4.69, 9.17) is 32.7 Å². The summed E-state index contributed by atoms with van der Waals surface area (Å²) in [5.74, 6) is -1.79. The summed E-state index contributed by atoms with van der Waals surface area (Å²) in [4.78, 5) is 25.6. The van der Waals surface area contributed by atoms with Gasteiger partial charge < -0.3 is 14.8 Å². The van der Waals surface area contributed by atoms with E-state index in [9.17, 15) is 9.59 Å². The van der Waals surface area contributed by atoms with E-state index >= 15 is 0 Å². The molecule has 0 bridgehead atoms. The van der Waals surface area contributed by atoms with Crippen molar-refractivity contribution in [2.45, 2.75) is 46.6 Å². The molecule has 1 aliphatic rings. The smallest absolute Gasteiger partial charge is 0.337 e. The molecule has 1 N–H and O–H groups in total. The van der Waals surface area contributed by atoms with Crippen molar-refractivity contribution < 1.29 is 19.1 Å². The number of nitrogens with one attached hydrogen (secondary N) is 1. The maximum absolute atomic E-state index is 12.9. The number of rotatable bonds is 5. The van der Waals surface area contributed by atoms with Crippen LogP contribution in [0.4, 0.5) is 0 Å². The van der Waals surface area contributed by atoms with Gasteiger partial charge in [-0.1, -0.05) is 35.3 Å². The predicted octanol–water partition coefficient (Wildman–Crippen LogP) is 4.74. The van der Waals surface area contributed by atoms with E-state index in [2.05, 4.69) is 5.32 Å². The Balaban J connectivity index is 2.71. The zero-order valence-corrected chi connectivity index (χ0v) is 17.5. The number of hydrogen-bond donors (Lipinski definition) is 1. The van der Waals surface area contributed by atoms with E-state index in [-0.39, 0.29) is 17.7 Å². The summed E-state index contributed by atoms with van der Waals surface area (Å²) in [5, 5.41) is 3.70. The van der Waals surface area contributed by atoms with Crippen molar-refractivity contribution in [1.29, 1.82) is 0 Å². The molecule has 0 saturated heterocycles. The Morgan fingerprint density at radius 3 is 2.26 bits per heavy atom. The fourth-order valence-electron chi connectivity index (χ4n) is 3.08. The van der Waals surface area contributed by atoms with Crippen LogP contribution in [0.2, 0.25) is 10.0 Å². The number of carbonyl (C=O) groups excluding carboxylic acids is 2. The molecule has 0 amide bonds. The summed E-state index contributed by atoms with van der Waals surface area (Å²) < 4.78 is 10.6. The number of carbonyl (C=O) groups is 2. The predicted molar refractivity (Wildman–Crippen MR) is 106 cm³/mol. The van der Waals surface area contributed by atoms with Crippen LogP contribution >= 0.6 is 23.2 Å². The number of ether oxygens (including phenoxy) is 2. The van der Waals surface area contributed by atoms with Crippen molar-refractivity contribution in [3.05, 3.63) is 56.3 Å². The quantitative estimate of drug-likeness (QED) is 0.708. The third-order valence-electron chi connectivity index (χ3n) is 4.11. The molecule has 1 unspecified atom stereocenters. The molecule has 2 rings (SSSR count). The Labute approximate surface area is 169 Å². The standard InChI is InChI=1S/C20H23Cl2NO4/c1-6-26-19(24)15-11(4)23-12(5)16(20(25)27-10(2)3)17(15)13-8-7-9-14(21)18(13)22/h7-10,17,23H,6H2,1-5H3. The van der Waals surface area contributed by atoms with E-state index < -0.39 is 17.9 Å². The lowest BCUT2D eigenvalue weighted by Gasteiger charge is -2.31. The second-order valence-corrected chi connectivity index (χ2v) is 7.24. The molecule has 1 aromatic carbocycles. The SMILES string of the molecule is CCOC(=O)C1=C(C)NC(C)=C(C(=O)OC(C)C)C1c1cccc(Cl)c1Cl. The molecule has 7 heteroatoms. The number of esters is 2. The molecule has 146 valence electrons. The minimum atomic E-state index is -0.747. The van der Waals surface area contributed by atoms with Crippen molar-refractivity contribution >= 4 is 35.1 Å². The fourth-order valence-corrected chi connectivity index (χ4v) is 3.49. The molecule has 1 aromatic rings. The van der Waals surface area contributed by atoms with Gasteiger partial charge in [-0.05, 0) is 46.2 Å². The molecule has 1 aliphatic heterocycles. The number of dihydropyridines is 1. The maximum Gasteiger partial charge on any atom is 0.337 e. The molecule has 1 heterocycles. The van der Waals surface area contributed by atoms with Gasteiger partial charge in [-0.15, -0.1) is 0 Å². The summed E-state index contributed by atoms with van der Waals surface area (Å²) in [6, 6.07) is 5.12. The van der Waals surface area contributed by atoms with Crippen LogP contribution in [0, 0.1) is 0 Å². The first-order valence-corrected chi connectivity index (χ1v) is 9.45. The molecule has 0 spiro atoms. The highest BCUT2D eigenvalue weighted by Gasteiger charge is 2.39. The molecular weight excluding hydrogens is 389 g/mol. The van der Waals surface area contributed by atoms with Gasteiger partial charge in [0, 0.05) is 11.4 Å². The van der Waals surface area contributed by atoms with E-state index in [0.717, 1.165) is 0 Å². The highest BCUT2D eigenvalue weighted by molar-refractivity contribution is 6.42. The van der Waals surface area contributed by atoms with Crippen molar-refractivity contribution in [3.63, 3.8) is 0 Å². The van der Waals surface area contributed by atoms with E-state index in [1.807, 2.05) is 0 Å². The second kappa shape index (κ2) is 8.81.